The summed E-state index contributed by atoms with van der Waals surface area (Å²) in [5, 5.41) is 0. The fourth-order valence-electron chi connectivity index (χ4n) is 1.89. The molecule has 1 heterocycles. The Balaban J connectivity index is 1.73. The molecule has 2 N–H and O–H groups in total. The summed E-state index contributed by atoms with van der Waals surface area (Å²) in [6.45, 7) is 0.740. The van der Waals surface area contributed by atoms with E-state index in [9.17, 15) is 9.59 Å². The normalized spacial score (nSPS) is 17.1. The van der Waals surface area contributed by atoms with Crippen molar-refractivity contribution in [2.45, 2.75) is 6.42 Å². The highest BCUT2D eigenvalue weighted by Crippen LogP contribution is 2.25. The van der Waals surface area contributed by atoms with Crippen molar-refractivity contribution in [3.63, 3.8) is 0 Å². The zero-order valence-electron chi connectivity index (χ0n) is 11.8. The first-order valence-corrected chi connectivity index (χ1v) is 6.63. The molecule has 7 heteroatoms. The Morgan fingerprint density at radius 1 is 1.29 bits per heavy atom. The number of carbonyl (C=O) groups is 2. The first-order valence-electron chi connectivity index (χ1n) is 6.63. The second-order valence-corrected chi connectivity index (χ2v) is 4.54. The number of para-hydroxylation sites is 2. The van der Waals surface area contributed by atoms with Crippen molar-refractivity contribution >= 4 is 11.8 Å². The van der Waals surface area contributed by atoms with Gasteiger partial charge in [0.05, 0.1) is 19.6 Å². The molecule has 0 radical (unpaired) electrons. The summed E-state index contributed by atoms with van der Waals surface area (Å²) in [5.41, 5.74) is 4.67. The molecule has 1 aliphatic heterocycles. The number of benzene rings is 1. The van der Waals surface area contributed by atoms with Crippen LogP contribution in [0.5, 0.6) is 11.5 Å². The van der Waals surface area contributed by atoms with E-state index in [2.05, 4.69) is 10.9 Å². The highest BCUT2D eigenvalue weighted by atomic mass is 16.5. The summed E-state index contributed by atoms with van der Waals surface area (Å²) in [4.78, 5) is 23.3. The van der Waals surface area contributed by atoms with Crippen LogP contribution in [-0.2, 0) is 14.3 Å². The van der Waals surface area contributed by atoms with Crippen LogP contribution in [0.3, 0.4) is 0 Å². The zero-order valence-corrected chi connectivity index (χ0v) is 11.8. The number of hydrogen-bond donors (Lipinski definition) is 2. The molecule has 2 amide bonds. The van der Waals surface area contributed by atoms with Gasteiger partial charge in [0.25, 0.3) is 5.91 Å². The van der Waals surface area contributed by atoms with Gasteiger partial charge < -0.3 is 14.2 Å². The Kier molecular flexibility index (Phi) is 5.39. The molecule has 1 atom stereocenters. The average molecular weight is 294 g/mol. The number of amides is 2. The van der Waals surface area contributed by atoms with Crippen molar-refractivity contribution in [1.29, 1.82) is 0 Å². The first kappa shape index (κ1) is 15.1. The quantitative estimate of drug-likeness (QED) is 0.761. The molecule has 1 aromatic rings. The molecule has 1 saturated heterocycles. The van der Waals surface area contributed by atoms with Crippen LogP contribution >= 0.6 is 0 Å². The number of carbonyl (C=O) groups excluding carboxylic acids is 2. The van der Waals surface area contributed by atoms with Crippen LogP contribution in [0.15, 0.2) is 24.3 Å². The van der Waals surface area contributed by atoms with E-state index in [4.69, 9.17) is 14.2 Å². The molecule has 1 fully saturated rings. The van der Waals surface area contributed by atoms with Gasteiger partial charge in [-0.25, -0.2) is 0 Å². The van der Waals surface area contributed by atoms with Gasteiger partial charge in [-0.05, 0) is 18.6 Å². The molecule has 1 unspecified atom stereocenters. The highest BCUT2D eigenvalue weighted by Gasteiger charge is 2.23. The monoisotopic (exact) mass is 294 g/mol. The van der Waals surface area contributed by atoms with Crippen LogP contribution in [-0.4, -0.2) is 38.7 Å². The van der Waals surface area contributed by atoms with Crippen molar-refractivity contribution in [1.82, 2.24) is 10.9 Å². The van der Waals surface area contributed by atoms with E-state index in [0.29, 0.717) is 31.1 Å². The molecule has 1 aromatic carbocycles. The van der Waals surface area contributed by atoms with Crippen LogP contribution in [0.4, 0.5) is 0 Å². The molecule has 7 nitrogen and oxygen atoms in total. The Bertz CT molecular complexity index is 500. The van der Waals surface area contributed by atoms with Crippen molar-refractivity contribution < 1.29 is 23.8 Å². The maximum Gasteiger partial charge on any atom is 0.276 e. The fraction of sp³-hybridized carbons (Fsp3) is 0.429. The average Bonchev–Trinajstić information content (AvgIpc) is 3.05. The van der Waals surface area contributed by atoms with E-state index in [1.54, 1.807) is 24.3 Å². The molecule has 21 heavy (non-hydrogen) atoms. The highest BCUT2D eigenvalue weighted by molar-refractivity contribution is 5.84. The predicted molar refractivity (Wildman–Crippen MR) is 73.7 cm³/mol. The minimum absolute atomic E-state index is 0.208. The Morgan fingerprint density at radius 2 is 2.05 bits per heavy atom. The Labute approximate surface area is 122 Å². The maximum absolute atomic E-state index is 11.7. The van der Waals surface area contributed by atoms with Gasteiger partial charge in [0, 0.05) is 6.61 Å². The Morgan fingerprint density at radius 3 is 2.71 bits per heavy atom. The molecule has 2 rings (SSSR count). The van der Waals surface area contributed by atoms with E-state index in [-0.39, 0.29) is 18.4 Å². The van der Waals surface area contributed by atoms with Crippen molar-refractivity contribution in [3.8, 4) is 11.5 Å². The van der Waals surface area contributed by atoms with Gasteiger partial charge in [0.2, 0.25) is 5.91 Å². The summed E-state index contributed by atoms with van der Waals surface area (Å²) in [6.07, 6.45) is 0.666. The Hall–Kier alpha value is -2.28. The number of hydrazine groups is 1. The lowest BCUT2D eigenvalue weighted by Crippen LogP contribution is -2.46. The van der Waals surface area contributed by atoms with Gasteiger partial charge in [-0.2, -0.15) is 0 Å². The molecule has 0 bridgehead atoms. The summed E-state index contributed by atoms with van der Waals surface area (Å²) >= 11 is 0. The molecule has 0 spiro atoms. The third-order valence-corrected chi connectivity index (χ3v) is 3.05. The molecule has 114 valence electrons. The predicted octanol–water partition coefficient (Wildman–Crippen LogP) is 0.258. The topological polar surface area (TPSA) is 85.9 Å². The molecule has 0 aliphatic carbocycles. The summed E-state index contributed by atoms with van der Waals surface area (Å²) in [5.74, 6) is 0.0925. The number of rotatable bonds is 5. The van der Waals surface area contributed by atoms with Crippen molar-refractivity contribution in [3.05, 3.63) is 24.3 Å². The lowest BCUT2D eigenvalue weighted by Gasteiger charge is -2.12. The second-order valence-electron chi connectivity index (χ2n) is 4.54. The van der Waals surface area contributed by atoms with E-state index in [1.807, 2.05) is 0 Å². The molecule has 0 aromatic heterocycles. The van der Waals surface area contributed by atoms with E-state index in [0.717, 1.165) is 0 Å². The van der Waals surface area contributed by atoms with Gasteiger partial charge >= 0.3 is 0 Å². The minimum atomic E-state index is -0.451. The van der Waals surface area contributed by atoms with E-state index >= 15 is 0 Å². The minimum Gasteiger partial charge on any atom is -0.493 e. The van der Waals surface area contributed by atoms with Crippen LogP contribution in [0, 0.1) is 5.92 Å². The third kappa shape index (κ3) is 4.35. The molecular formula is C14H18N2O5. The SMILES string of the molecule is COc1ccccc1OCC(=O)NNC(=O)C1CCOC1. The number of ether oxygens (including phenoxy) is 3. The lowest BCUT2D eigenvalue weighted by atomic mass is 10.1. The van der Waals surface area contributed by atoms with Crippen molar-refractivity contribution in [2.24, 2.45) is 5.92 Å². The van der Waals surface area contributed by atoms with Gasteiger partial charge in [-0.3, -0.25) is 20.4 Å². The molecule has 1 aliphatic rings. The van der Waals surface area contributed by atoms with Crippen LogP contribution < -0.4 is 20.3 Å². The smallest absolute Gasteiger partial charge is 0.276 e. The van der Waals surface area contributed by atoms with Crippen molar-refractivity contribution in [2.75, 3.05) is 26.9 Å². The standard InChI is InChI=1S/C14H18N2O5/c1-19-11-4-2-3-5-12(11)21-9-13(17)15-16-14(18)10-6-7-20-8-10/h2-5,10H,6-9H2,1H3,(H,15,17)(H,16,18). The molecular weight excluding hydrogens is 276 g/mol. The van der Waals surface area contributed by atoms with Crippen LogP contribution in [0.1, 0.15) is 6.42 Å². The van der Waals surface area contributed by atoms with E-state index < -0.39 is 5.91 Å². The van der Waals surface area contributed by atoms with Crippen LogP contribution in [0.2, 0.25) is 0 Å². The van der Waals surface area contributed by atoms with Gasteiger partial charge in [-0.1, -0.05) is 12.1 Å². The largest absolute Gasteiger partial charge is 0.493 e. The second kappa shape index (κ2) is 7.49. The zero-order chi connectivity index (χ0) is 15.1. The maximum atomic E-state index is 11.7. The van der Waals surface area contributed by atoms with Gasteiger partial charge in [-0.15, -0.1) is 0 Å². The van der Waals surface area contributed by atoms with Gasteiger partial charge in [0.1, 0.15) is 0 Å². The fourth-order valence-corrected chi connectivity index (χ4v) is 1.89. The third-order valence-electron chi connectivity index (χ3n) is 3.05. The summed E-state index contributed by atoms with van der Waals surface area (Å²) in [6, 6.07) is 7.00. The number of methoxy groups -OCH3 is 1. The number of nitrogens with one attached hydrogen (secondary N) is 2. The first-order chi connectivity index (χ1) is 10.2. The van der Waals surface area contributed by atoms with Gasteiger partial charge in [0.15, 0.2) is 18.1 Å². The lowest BCUT2D eigenvalue weighted by molar-refractivity contribution is -0.132. The molecule has 0 saturated carbocycles. The van der Waals surface area contributed by atoms with E-state index in [1.165, 1.54) is 7.11 Å². The van der Waals surface area contributed by atoms with Crippen LogP contribution in [0.25, 0.3) is 0 Å². The summed E-state index contributed by atoms with van der Waals surface area (Å²) < 4.78 is 15.5. The number of hydrogen-bond acceptors (Lipinski definition) is 5. The summed E-state index contributed by atoms with van der Waals surface area (Å²) in [7, 11) is 1.52.